The van der Waals surface area contributed by atoms with Crippen LogP contribution in [0.1, 0.15) is 18.0 Å². The lowest BCUT2D eigenvalue weighted by atomic mass is 10.1. The number of rotatable bonds is 2. The van der Waals surface area contributed by atoms with Crippen molar-refractivity contribution in [1.29, 1.82) is 0 Å². The van der Waals surface area contributed by atoms with Gasteiger partial charge in [0.25, 0.3) is 0 Å². The quantitative estimate of drug-likeness (QED) is 0.866. The van der Waals surface area contributed by atoms with Crippen molar-refractivity contribution in [2.45, 2.75) is 12.5 Å². The Balaban J connectivity index is 1.86. The molecular weight excluding hydrogens is 258 g/mol. The number of hydrogen-bond donors (Lipinski definition) is 2. The average molecular weight is 277 g/mol. The molecule has 0 aliphatic carbocycles. The molecule has 1 aromatic carbocycles. The predicted octanol–water partition coefficient (Wildman–Crippen LogP) is 1.84. The van der Waals surface area contributed by atoms with E-state index >= 15 is 0 Å². The van der Waals surface area contributed by atoms with Gasteiger partial charge in [0.2, 0.25) is 5.91 Å². The summed E-state index contributed by atoms with van der Waals surface area (Å²) in [6.45, 7) is 2.20. The van der Waals surface area contributed by atoms with Crippen molar-refractivity contribution in [3.05, 3.63) is 23.8 Å². The van der Waals surface area contributed by atoms with Crippen molar-refractivity contribution >= 4 is 29.0 Å². The van der Waals surface area contributed by atoms with E-state index in [2.05, 4.69) is 33.7 Å². The maximum absolute atomic E-state index is 11.8. The Hall–Kier alpha value is -1.20. The van der Waals surface area contributed by atoms with Crippen LogP contribution in [0, 0.1) is 0 Å². The summed E-state index contributed by atoms with van der Waals surface area (Å²) in [7, 11) is 1.82. The summed E-state index contributed by atoms with van der Waals surface area (Å²) in [6, 6.07) is 6.12. The van der Waals surface area contributed by atoms with E-state index in [9.17, 15) is 4.79 Å². The summed E-state index contributed by atoms with van der Waals surface area (Å²) in [4.78, 5) is 14.2. The molecule has 0 radical (unpaired) electrons. The number of amides is 1. The lowest BCUT2D eigenvalue weighted by Crippen LogP contribution is -2.25. The van der Waals surface area contributed by atoms with Gasteiger partial charge in [-0.2, -0.15) is 11.8 Å². The van der Waals surface area contributed by atoms with E-state index in [1.165, 1.54) is 23.6 Å². The second-order valence-corrected chi connectivity index (χ2v) is 6.16. The Kier molecular flexibility index (Phi) is 3.66. The summed E-state index contributed by atoms with van der Waals surface area (Å²) in [5.74, 6) is 2.48. The van der Waals surface area contributed by atoms with Gasteiger partial charge in [-0.25, -0.2) is 0 Å². The van der Waals surface area contributed by atoms with Crippen LogP contribution in [0.2, 0.25) is 0 Å². The zero-order chi connectivity index (χ0) is 13.2. The van der Waals surface area contributed by atoms with Crippen LogP contribution in [0.3, 0.4) is 0 Å². The molecule has 2 aliphatic rings. The molecule has 0 bridgehead atoms. The Morgan fingerprint density at radius 2 is 2.26 bits per heavy atom. The van der Waals surface area contributed by atoms with E-state index in [1.54, 1.807) is 0 Å². The average Bonchev–Trinajstić information content (AvgIpc) is 2.60. The highest BCUT2D eigenvalue weighted by Gasteiger charge is 2.29. The van der Waals surface area contributed by atoms with Crippen molar-refractivity contribution in [1.82, 2.24) is 5.32 Å². The van der Waals surface area contributed by atoms with Gasteiger partial charge in [-0.3, -0.25) is 4.79 Å². The second-order valence-electron chi connectivity index (χ2n) is 4.94. The predicted molar refractivity (Wildman–Crippen MR) is 81.0 cm³/mol. The number of anilines is 2. The number of hydrogen-bond acceptors (Lipinski definition) is 4. The van der Waals surface area contributed by atoms with Crippen molar-refractivity contribution in [2.75, 3.05) is 41.9 Å². The van der Waals surface area contributed by atoms with Crippen LogP contribution in [0.25, 0.3) is 0 Å². The second kappa shape index (κ2) is 5.43. The van der Waals surface area contributed by atoms with Crippen LogP contribution in [0.15, 0.2) is 18.2 Å². The normalized spacial score (nSPS) is 22.9. The Bertz CT molecular complexity index is 484. The molecule has 2 heterocycles. The number of nitrogens with one attached hydrogen (secondary N) is 2. The number of fused-ring (bicyclic) bond motifs is 1. The summed E-state index contributed by atoms with van der Waals surface area (Å²) in [6.07, 6.45) is 1.23. The molecule has 5 heteroatoms. The van der Waals surface area contributed by atoms with Crippen LogP contribution in [0.4, 0.5) is 11.4 Å². The van der Waals surface area contributed by atoms with Gasteiger partial charge in [-0.05, 0) is 31.4 Å². The molecule has 19 heavy (non-hydrogen) atoms. The number of likely N-dealkylation sites (N-methyl/N-ethyl adjacent to an activating group) is 1. The lowest BCUT2D eigenvalue weighted by Gasteiger charge is -2.23. The Morgan fingerprint density at radius 3 is 3.11 bits per heavy atom. The van der Waals surface area contributed by atoms with E-state index in [-0.39, 0.29) is 11.9 Å². The third kappa shape index (κ3) is 2.44. The zero-order valence-electron chi connectivity index (χ0n) is 11.1. The number of nitrogens with zero attached hydrogens (tertiary/aromatic N) is 1. The highest BCUT2D eigenvalue weighted by atomic mass is 32.2. The van der Waals surface area contributed by atoms with Crippen LogP contribution in [-0.4, -0.2) is 37.6 Å². The largest absolute Gasteiger partial charge is 0.371 e. The smallest absolute Gasteiger partial charge is 0.246 e. The van der Waals surface area contributed by atoms with Crippen LogP contribution < -0.4 is 15.5 Å². The fourth-order valence-corrected chi connectivity index (χ4v) is 3.62. The van der Waals surface area contributed by atoms with Crippen molar-refractivity contribution in [2.24, 2.45) is 0 Å². The van der Waals surface area contributed by atoms with Crippen LogP contribution >= 0.6 is 11.8 Å². The zero-order valence-corrected chi connectivity index (χ0v) is 11.9. The molecule has 0 saturated carbocycles. The molecule has 1 amide bonds. The number of carbonyl (C=O) groups excluding carboxylic acids is 1. The molecule has 0 aromatic heterocycles. The number of thioether (sulfide) groups is 1. The Labute approximate surface area is 117 Å². The summed E-state index contributed by atoms with van der Waals surface area (Å²) >= 11 is 2.02. The SMILES string of the molecule is CNC1C(=O)Nc2cc(N3CCCSCC3)ccc21. The van der Waals surface area contributed by atoms with Crippen molar-refractivity contribution < 1.29 is 4.79 Å². The maximum Gasteiger partial charge on any atom is 0.246 e. The van der Waals surface area contributed by atoms with Crippen LogP contribution in [-0.2, 0) is 4.79 Å². The first kappa shape index (κ1) is 12.8. The molecule has 1 atom stereocenters. The first-order valence-corrected chi connectivity index (χ1v) is 7.90. The third-order valence-corrected chi connectivity index (χ3v) is 4.79. The molecule has 1 unspecified atom stereocenters. The number of carbonyl (C=O) groups is 1. The van der Waals surface area contributed by atoms with E-state index in [4.69, 9.17) is 0 Å². The minimum absolute atomic E-state index is 0.0427. The van der Waals surface area contributed by atoms with Gasteiger partial charge in [-0.1, -0.05) is 6.07 Å². The highest BCUT2D eigenvalue weighted by Crippen LogP contribution is 2.34. The first-order chi connectivity index (χ1) is 9.29. The van der Waals surface area contributed by atoms with E-state index in [1.807, 2.05) is 18.8 Å². The number of benzene rings is 1. The minimum atomic E-state index is -0.205. The molecule has 1 aromatic rings. The molecular formula is C14H19N3OS. The molecule has 4 nitrogen and oxygen atoms in total. The van der Waals surface area contributed by atoms with Crippen LogP contribution in [0.5, 0.6) is 0 Å². The molecule has 0 spiro atoms. The van der Waals surface area contributed by atoms with E-state index in [0.717, 1.165) is 24.3 Å². The fourth-order valence-electron chi connectivity index (χ4n) is 2.74. The molecule has 2 N–H and O–H groups in total. The maximum atomic E-state index is 11.8. The highest BCUT2D eigenvalue weighted by molar-refractivity contribution is 7.99. The fraction of sp³-hybridized carbons (Fsp3) is 0.500. The lowest BCUT2D eigenvalue weighted by molar-refractivity contribution is -0.117. The van der Waals surface area contributed by atoms with E-state index < -0.39 is 0 Å². The van der Waals surface area contributed by atoms with E-state index in [0.29, 0.717) is 0 Å². The monoisotopic (exact) mass is 277 g/mol. The minimum Gasteiger partial charge on any atom is -0.371 e. The van der Waals surface area contributed by atoms with Gasteiger partial charge in [0.15, 0.2) is 0 Å². The Morgan fingerprint density at radius 1 is 1.37 bits per heavy atom. The molecule has 102 valence electrons. The topological polar surface area (TPSA) is 44.4 Å². The van der Waals surface area contributed by atoms with Gasteiger partial charge in [0.05, 0.1) is 0 Å². The first-order valence-electron chi connectivity index (χ1n) is 6.74. The molecule has 1 saturated heterocycles. The molecule has 2 aliphatic heterocycles. The van der Waals surface area contributed by atoms with Gasteiger partial charge in [-0.15, -0.1) is 0 Å². The summed E-state index contributed by atoms with van der Waals surface area (Å²) in [5, 5.41) is 6.01. The van der Waals surface area contributed by atoms with Gasteiger partial charge >= 0.3 is 0 Å². The van der Waals surface area contributed by atoms with Crippen molar-refractivity contribution in [3.63, 3.8) is 0 Å². The van der Waals surface area contributed by atoms with Gasteiger partial charge in [0, 0.05) is 35.8 Å². The van der Waals surface area contributed by atoms with Gasteiger partial charge < -0.3 is 15.5 Å². The van der Waals surface area contributed by atoms with Crippen molar-refractivity contribution in [3.8, 4) is 0 Å². The molecule has 3 rings (SSSR count). The summed E-state index contributed by atoms with van der Waals surface area (Å²) in [5.41, 5.74) is 3.23. The third-order valence-electron chi connectivity index (χ3n) is 3.74. The summed E-state index contributed by atoms with van der Waals surface area (Å²) < 4.78 is 0. The molecule has 1 fully saturated rings. The standard InChI is InChI=1S/C14H19N3OS/c1-15-13-11-4-3-10(9-12(11)16-14(13)18)17-5-2-7-19-8-6-17/h3-4,9,13,15H,2,5-8H2,1H3,(H,16,18). The van der Waals surface area contributed by atoms with Gasteiger partial charge in [0.1, 0.15) is 6.04 Å².